The predicted molar refractivity (Wildman–Crippen MR) is 64.8 cm³/mol. The van der Waals surface area contributed by atoms with Crippen LogP contribution in [-0.2, 0) is 0 Å². The fraction of sp³-hybridized carbons (Fsp3) is 0.333. The highest BCUT2D eigenvalue weighted by molar-refractivity contribution is 5.87. The molecule has 92 valence electrons. The van der Waals surface area contributed by atoms with Gasteiger partial charge in [0.15, 0.2) is 0 Å². The number of nitrogens with two attached hydrogens (primary N) is 1. The van der Waals surface area contributed by atoms with Crippen LogP contribution in [0.3, 0.4) is 0 Å². The zero-order chi connectivity index (χ0) is 10.6. The van der Waals surface area contributed by atoms with E-state index in [0.29, 0.717) is 6.61 Å². The van der Waals surface area contributed by atoms with Crippen LogP contribution in [0.15, 0.2) is 18.3 Å². The highest BCUT2D eigenvalue weighted by Gasteiger charge is 2.05. The summed E-state index contributed by atoms with van der Waals surface area (Å²) in [5, 5.41) is 8.68. The van der Waals surface area contributed by atoms with Crippen LogP contribution in [0, 0.1) is 0 Å². The van der Waals surface area contributed by atoms with E-state index in [2.05, 4.69) is 4.98 Å². The molecule has 0 amide bonds. The number of hydrogen-bond acceptors (Lipinski definition) is 4. The number of carbonyl (C=O) groups is 1. The van der Waals surface area contributed by atoms with E-state index in [0.717, 1.165) is 0 Å². The molecule has 1 aromatic rings. The average molecular weight is 269 g/mol. The van der Waals surface area contributed by atoms with Gasteiger partial charge in [0.2, 0.25) is 5.88 Å². The lowest BCUT2D eigenvalue weighted by molar-refractivity contribution is 0.0696. The lowest BCUT2D eigenvalue weighted by Gasteiger charge is -2.07. The van der Waals surface area contributed by atoms with Gasteiger partial charge >= 0.3 is 5.97 Å². The molecule has 1 unspecified atom stereocenters. The van der Waals surface area contributed by atoms with Crippen LogP contribution >= 0.6 is 24.8 Å². The van der Waals surface area contributed by atoms with Crippen molar-refractivity contribution >= 4 is 30.8 Å². The van der Waals surface area contributed by atoms with Gasteiger partial charge in [0.1, 0.15) is 6.61 Å². The molecule has 0 bridgehead atoms. The zero-order valence-corrected chi connectivity index (χ0v) is 10.3. The molecule has 0 aliphatic heterocycles. The minimum Gasteiger partial charge on any atom is -0.478 e. The van der Waals surface area contributed by atoms with Gasteiger partial charge in [0.05, 0.1) is 5.56 Å². The zero-order valence-electron chi connectivity index (χ0n) is 8.62. The highest BCUT2D eigenvalue weighted by atomic mass is 35.5. The van der Waals surface area contributed by atoms with E-state index in [4.69, 9.17) is 15.6 Å². The maximum atomic E-state index is 10.6. The van der Waals surface area contributed by atoms with Gasteiger partial charge < -0.3 is 15.6 Å². The average Bonchev–Trinajstić information content (AvgIpc) is 2.15. The largest absolute Gasteiger partial charge is 0.478 e. The van der Waals surface area contributed by atoms with Crippen molar-refractivity contribution in [1.82, 2.24) is 4.98 Å². The molecule has 1 heterocycles. The van der Waals surface area contributed by atoms with E-state index < -0.39 is 5.97 Å². The number of rotatable bonds is 4. The predicted octanol–water partition coefficient (Wildman–Crippen LogP) is 1.35. The SMILES string of the molecule is CC(N)COc1cc(C(=O)O)ccn1.Cl.Cl. The summed E-state index contributed by atoms with van der Waals surface area (Å²) in [6.07, 6.45) is 1.39. The van der Waals surface area contributed by atoms with Crippen LogP contribution in [0.2, 0.25) is 0 Å². The molecule has 1 aromatic heterocycles. The highest BCUT2D eigenvalue weighted by Crippen LogP contribution is 2.09. The van der Waals surface area contributed by atoms with Crippen LogP contribution in [0.1, 0.15) is 17.3 Å². The summed E-state index contributed by atoms with van der Waals surface area (Å²) in [6, 6.07) is 2.66. The van der Waals surface area contributed by atoms with Crippen molar-refractivity contribution in [2.45, 2.75) is 13.0 Å². The standard InChI is InChI=1S/C9H12N2O3.2ClH/c1-6(10)5-14-8-4-7(9(12)13)2-3-11-8;;/h2-4,6H,5,10H2,1H3,(H,12,13);2*1H. The van der Waals surface area contributed by atoms with Crippen molar-refractivity contribution in [3.05, 3.63) is 23.9 Å². The summed E-state index contributed by atoms with van der Waals surface area (Å²) in [5.74, 6) is -0.722. The van der Waals surface area contributed by atoms with Gasteiger partial charge in [-0.1, -0.05) is 0 Å². The molecule has 0 saturated carbocycles. The van der Waals surface area contributed by atoms with E-state index in [1.807, 2.05) is 0 Å². The van der Waals surface area contributed by atoms with E-state index >= 15 is 0 Å². The summed E-state index contributed by atoms with van der Waals surface area (Å²) < 4.78 is 5.16. The topological polar surface area (TPSA) is 85.4 Å². The van der Waals surface area contributed by atoms with Gasteiger partial charge in [-0.2, -0.15) is 0 Å². The van der Waals surface area contributed by atoms with Crippen molar-refractivity contribution in [2.75, 3.05) is 6.61 Å². The number of halogens is 2. The van der Waals surface area contributed by atoms with Gasteiger partial charge in [-0.3, -0.25) is 0 Å². The summed E-state index contributed by atoms with van der Waals surface area (Å²) >= 11 is 0. The summed E-state index contributed by atoms with van der Waals surface area (Å²) in [5.41, 5.74) is 5.62. The first-order valence-corrected chi connectivity index (χ1v) is 4.17. The van der Waals surface area contributed by atoms with Crippen molar-refractivity contribution in [2.24, 2.45) is 5.73 Å². The maximum absolute atomic E-state index is 10.6. The Hall–Kier alpha value is -1.04. The number of ether oxygens (including phenoxy) is 1. The molecule has 1 rings (SSSR count). The Morgan fingerprint density at radius 3 is 2.75 bits per heavy atom. The minimum absolute atomic E-state index is 0. The number of pyridine rings is 1. The fourth-order valence-electron chi connectivity index (χ4n) is 0.838. The third kappa shape index (κ3) is 5.75. The summed E-state index contributed by atoms with van der Waals surface area (Å²) in [4.78, 5) is 14.4. The molecular formula is C9H14Cl2N2O3. The third-order valence-corrected chi connectivity index (χ3v) is 1.48. The lowest BCUT2D eigenvalue weighted by atomic mass is 10.3. The van der Waals surface area contributed by atoms with Gasteiger partial charge in [-0.15, -0.1) is 24.8 Å². The monoisotopic (exact) mass is 268 g/mol. The Kier molecular flexibility index (Phi) is 8.84. The van der Waals surface area contributed by atoms with Gasteiger partial charge in [-0.05, 0) is 13.0 Å². The smallest absolute Gasteiger partial charge is 0.335 e. The normalized spacial score (nSPS) is 10.6. The van der Waals surface area contributed by atoms with Crippen LogP contribution in [0.25, 0.3) is 0 Å². The fourth-order valence-corrected chi connectivity index (χ4v) is 0.838. The lowest BCUT2D eigenvalue weighted by Crippen LogP contribution is -2.23. The Balaban J connectivity index is 0. The molecule has 0 aliphatic rings. The molecule has 7 heteroatoms. The number of hydrogen-bond donors (Lipinski definition) is 2. The van der Waals surface area contributed by atoms with Crippen LogP contribution < -0.4 is 10.5 Å². The Morgan fingerprint density at radius 2 is 2.25 bits per heavy atom. The first kappa shape index (κ1) is 17.4. The van der Waals surface area contributed by atoms with Gasteiger partial charge in [-0.25, -0.2) is 9.78 Å². The second-order valence-electron chi connectivity index (χ2n) is 2.98. The third-order valence-electron chi connectivity index (χ3n) is 1.48. The van der Waals surface area contributed by atoms with Crippen molar-refractivity contribution in [3.8, 4) is 5.88 Å². The Labute approximate surface area is 106 Å². The molecule has 0 spiro atoms. The summed E-state index contributed by atoms with van der Waals surface area (Å²) in [7, 11) is 0. The van der Waals surface area contributed by atoms with Gasteiger partial charge in [0, 0.05) is 18.3 Å². The molecule has 3 N–H and O–H groups in total. The molecule has 0 saturated heterocycles. The molecule has 0 radical (unpaired) electrons. The van der Waals surface area contributed by atoms with Crippen LogP contribution in [0.4, 0.5) is 0 Å². The number of aromatic nitrogens is 1. The quantitative estimate of drug-likeness (QED) is 0.861. The molecule has 16 heavy (non-hydrogen) atoms. The van der Waals surface area contributed by atoms with Crippen molar-refractivity contribution < 1.29 is 14.6 Å². The van der Waals surface area contributed by atoms with E-state index in [1.165, 1.54) is 18.3 Å². The molecule has 5 nitrogen and oxygen atoms in total. The van der Waals surface area contributed by atoms with Crippen molar-refractivity contribution in [1.29, 1.82) is 0 Å². The number of nitrogens with zero attached hydrogens (tertiary/aromatic N) is 1. The van der Waals surface area contributed by atoms with Gasteiger partial charge in [0.25, 0.3) is 0 Å². The summed E-state index contributed by atoms with van der Waals surface area (Å²) in [6.45, 7) is 2.11. The minimum atomic E-state index is -1.00. The van der Waals surface area contributed by atoms with E-state index in [1.54, 1.807) is 6.92 Å². The van der Waals surface area contributed by atoms with E-state index in [-0.39, 0.29) is 42.3 Å². The maximum Gasteiger partial charge on any atom is 0.335 e. The van der Waals surface area contributed by atoms with Crippen LogP contribution in [0.5, 0.6) is 5.88 Å². The first-order chi connectivity index (χ1) is 6.59. The van der Waals surface area contributed by atoms with E-state index in [9.17, 15) is 4.79 Å². The van der Waals surface area contributed by atoms with Crippen LogP contribution in [-0.4, -0.2) is 28.7 Å². The van der Waals surface area contributed by atoms with Crippen molar-refractivity contribution in [3.63, 3.8) is 0 Å². The number of carboxylic acid groups (broad SMARTS) is 1. The second-order valence-corrected chi connectivity index (χ2v) is 2.98. The number of aromatic carboxylic acids is 1. The molecule has 0 aliphatic carbocycles. The molecule has 0 aromatic carbocycles. The Morgan fingerprint density at radius 1 is 1.62 bits per heavy atom. The molecule has 1 atom stereocenters. The molecule has 0 fully saturated rings. The molecular weight excluding hydrogens is 255 g/mol. The Bertz CT molecular complexity index is 334. The second kappa shape index (κ2) is 8.15. The number of carboxylic acids is 1. The first-order valence-electron chi connectivity index (χ1n) is 4.17.